The number of nitrogens with zero attached hydrogens (tertiary/aromatic N) is 3. The van der Waals surface area contributed by atoms with E-state index >= 15 is 0 Å². The Balaban J connectivity index is 2.11. The molecular weight excluding hydrogens is 280 g/mol. The Labute approximate surface area is 119 Å². The number of nitro benzene ring substituents is 1. The van der Waals surface area contributed by atoms with Crippen molar-refractivity contribution in [1.29, 1.82) is 0 Å². The van der Waals surface area contributed by atoms with Crippen molar-refractivity contribution >= 4 is 17.0 Å². The second-order valence-corrected chi connectivity index (χ2v) is 5.01. The van der Waals surface area contributed by atoms with Crippen LogP contribution in [0.4, 0.5) is 5.69 Å². The van der Waals surface area contributed by atoms with Crippen molar-refractivity contribution in [3.05, 3.63) is 39.4 Å². The summed E-state index contributed by atoms with van der Waals surface area (Å²) in [4.78, 5) is 10.6. The van der Waals surface area contributed by atoms with Crippen molar-refractivity contribution in [2.45, 2.75) is 6.54 Å². The maximum atomic E-state index is 11.0. The Hall–Kier alpha value is -1.90. The third-order valence-electron chi connectivity index (χ3n) is 2.56. The van der Waals surface area contributed by atoms with Gasteiger partial charge in [0.05, 0.1) is 17.1 Å². The molecule has 0 saturated carbocycles. The van der Waals surface area contributed by atoms with Crippen LogP contribution in [0, 0.1) is 10.1 Å². The molecule has 1 heterocycles. The van der Waals surface area contributed by atoms with E-state index in [9.17, 15) is 10.1 Å². The third kappa shape index (κ3) is 3.56. The number of para-hydroxylation sites is 1. The monoisotopic (exact) mass is 294 g/mol. The Kier molecular flexibility index (Phi) is 5.10. The average Bonchev–Trinajstić information content (AvgIpc) is 2.92. The maximum absolute atomic E-state index is 11.0. The number of ether oxygens (including phenoxy) is 1. The lowest BCUT2D eigenvalue weighted by molar-refractivity contribution is -0.384. The van der Waals surface area contributed by atoms with Crippen LogP contribution in [0.25, 0.3) is 10.6 Å². The highest BCUT2D eigenvalue weighted by molar-refractivity contribution is 7.14. The lowest BCUT2D eigenvalue weighted by atomic mass is 10.2. The van der Waals surface area contributed by atoms with Gasteiger partial charge in [-0.1, -0.05) is 23.5 Å². The highest BCUT2D eigenvalue weighted by atomic mass is 32.1. The standard InChI is InChI=1S/C12H14N4O3S/c1-19-7-6-13-8-11-14-15-12(20-11)9-4-2-3-5-10(9)16(17)18/h2-5,13H,6-8H2,1H3. The first-order valence-electron chi connectivity index (χ1n) is 5.98. The summed E-state index contributed by atoms with van der Waals surface area (Å²) in [5.41, 5.74) is 0.542. The summed E-state index contributed by atoms with van der Waals surface area (Å²) in [6, 6.07) is 6.53. The number of aromatic nitrogens is 2. The average molecular weight is 294 g/mol. The van der Waals surface area contributed by atoms with Gasteiger partial charge >= 0.3 is 0 Å². The summed E-state index contributed by atoms with van der Waals surface area (Å²) < 4.78 is 4.93. The zero-order chi connectivity index (χ0) is 14.4. The molecule has 8 heteroatoms. The molecule has 0 radical (unpaired) electrons. The molecule has 1 aromatic carbocycles. The summed E-state index contributed by atoms with van der Waals surface area (Å²) in [5.74, 6) is 0. The van der Waals surface area contributed by atoms with Crippen LogP contribution >= 0.6 is 11.3 Å². The molecule has 20 heavy (non-hydrogen) atoms. The highest BCUT2D eigenvalue weighted by Crippen LogP contribution is 2.31. The van der Waals surface area contributed by atoms with Crippen molar-refractivity contribution in [2.75, 3.05) is 20.3 Å². The van der Waals surface area contributed by atoms with E-state index < -0.39 is 4.92 Å². The topological polar surface area (TPSA) is 90.2 Å². The van der Waals surface area contributed by atoms with Gasteiger partial charge in [0.2, 0.25) is 0 Å². The van der Waals surface area contributed by atoms with E-state index in [1.807, 2.05) is 0 Å². The SMILES string of the molecule is COCCNCc1nnc(-c2ccccc2[N+](=O)[O-])s1. The molecule has 1 aromatic heterocycles. The molecule has 0 fully saturated rings. The molecule has 0 spiro atoms. The number of methoxy groups -OCH3 is 1. The highest BCUT2D eigenvalue weighted by Gasteiger charge is 2.17. The summed E-state index contributed by atoms with van der Waals surface area (Å²) >= 11 is 1.35. The molecular formula is C12H14N4O3S. The minimum Gasteiger partial charge on any atom is -0.383 e. The van der Waals surface area contributed by atoms with Crippen molar-refractivity contribution in [3.63, 3.8) is 0 Å². The van der Waals surface area contributed by atoms with Crippen LogP contribution in [0.1, 0.15) is 5.01 Å². The lowest BCUT2D eigenvalue weighted by Crippen LogP contribution is -2.18. The summed E-state index contributed by atoms with van der Waals surface area (Å²) in [5, 5.41) is 23.5. The van der Waals surface area contributed by atoms with Crippen LogP contribution in [0.5, 0.6) is 0 Å². The molecule has 0 amide bonds. The van der Waals surface area contributed by atoms with Gasteiger partial charge in [-0.15, -0.1) is 10.2 Å². The van der Waals surface area contributed by atoms with Gasteiger partial charge in [-0.3, -0.25) is 10.1 Å². The normalized spacial score (nSPS) is 10.7. The minimum atomic E-state index is -0.409. The number of nitrogens with one attached hydrogen (secondary N) is 1. The molecule has 2 aromatic rings. The zero-order valence-electron chi connectivity index (χ0n) is 10.9. The van der Waals surface area contributed by atoms with Crippen LogP contribution in [-0.4, -0.2) is 35.4 Å². The van der Waals surface area contributed by atoms with Crippen molar-refractivity contribution in [1.82, 2.24) is 15.5 Å². The lowest BCUT2D eigenvalue weighted by Gasteiger charge is -1.99. The van der Waals surface area contributed by atoms with Crippen molar-refractivity contribution in [2.24, 2.45) is 0 Å². The molecule has 0 bridgehead atoms. The van der Waals surface area contributed by atoms with Gasteiger partial charge in [-0.25, -0.2) is 0 Å². The molecule has 106 valence electrons. The van der Waals surface area contributed by atoms with Gasteiger partial charge in [0.15, 0.2) is 5.01 Å². The molecule has 7 nitrogen and oxygen atoms in total. The molecule has 0 unspecified atom stereocenters. The summed E-state index contributed by atoms with van der Waals surface area (Å²) in [6.45, 7) is 1.91. The first-order chi connectivity index (χ1) is 9.72. The summed E-state index contributed by atoms with van der Waals surface area (Å²) in [7, 11) is 1.64. The van der Waals surface area contributed by atoms with Crippen LogP contribution in [0.15, 0.2) is 24.3 Å². The van der Waals surface area contributed by atoms with E-state index in [1.165, 1.54) is 17.4 Å². The van der Waals surface area contributed by atoms with Gasteiger partial charge in [0, 0.05) is 26.3 Å². The number of nitro groups is 1. The van der Waals surface area contributed by atoms with Gasteiger partial charge in [0.25, 0.3) is 5.69 Å². The van der Waals surface area contributed by atoms with Crippen LogP contribution in [0.3, 0.4) is 0 Å². The molecule has 2 rings (SSSR count). The Morgan fingerprint density at radius 3 is 2.95 bits per heavy atom. The van der Waals surface area contributed by atoms with Crippen molar-refractivity contribution in [3.8, 4) is 10.6 Å². The first kappa shape index (κ1) is 14.5. The van der Waals surface area contributed by atoms with E-state index in [0.717, 1.165) is 11.6 Å². The van der Waals surface area contributed by atoms with Gasteiger partial charge < -0.3 is 10.1 Å². The third-order valence-corrected chi connectivity index (χ3v) is 3.51. The van der Waals surface area contributed by atoms with Gasteiger partial charge in [0.1, 0.15) is 5.01 Å². The second kappa shape index (κ2) is 7.04. The number of hydrogen-bond donors (Lipinski definition) is 1. The fourth-order valence-electron chi connectivity index (χ4n) is 1.62. The predicted molar refractivity (Wildman–Crippen MR) is 75.6 cm³/mol. The molecule has 1 N–H and O–H groups in total. The van der Waals surface area contributed by atoms with Gasteiger partial charge in [-0.2, -0.15) is 0 Å². The molecule has 0 atom stereocenters. The van der Waals surface area contributed by atoms with Crippen LogP contribution < -0.4 is 5.32 Å². The molecule has 0 saturated heterocycles. The molecule has 0 aliphatic carbocycles. The quantitative estimate of drug-likeness (QED) is 0.476. The second-order valence-electron chi connectivity index (χ2n) is 3.94. The number of benzene rings is 1. The Morgan fingerprint density at radius 2 is 2.20 bits per heavy atom. The predicted octanol–water partition coefficient (Wildman–Crippen LogP) is 1.85. The van der Waals surface area contributed by atoms with Gasteiger partial charge in [-0.05, 0) is 6.07 Å². The smallest absolute Gasteiger partial charge is 0.279 e. The minimum absolute atomic E-state index is 0.0440. The fourth-order valence-corrected chi connectivity index (χ4v) is 2.46. The van der Waals surface area contributed by atoms with Crippen LogP contribution in [-0.2, 0) is 11.3 Å². The van der Waals surface area contributed by atoms with E-state index in [0.29, 0.717) is 23.7 Å². The van der Waals surface area contributed by atoms with Crippen molar-refractivity contribution < 1.29 is 9.66 Å². The largest absolute Gasteiger partial charge is 0.383 e. The van der Waals surface area contributed by atoms with E-state index in [2.05, 4.69) is 15.5 Å². The van der Waals surface area contributed by atoms with E-state index in [4.69, 9.17) is 4.74 Å². The Morgan fingerprint density at radius 1 is 1.40 bits per heavy atom. The molecule has 0 aliphatic heterocycles. The zero-order valence-corrected chi connectivity index (χ0v) is 11.7. The van der Waals surface area contributed by atoms with E-state index in [1.54, 1.807) is 25.3 Å². The molecule has 0 aliphatic rings. The maximum Gasteiger partial charge on any atom is 0.279 e. The fraction of sp³-hybridized carbons (Fsp3) is 0.333. The first-order valence-corrected chi connectivity index (χ1v) is 6.80. The van der Waals surface area contributed by atoms with Crippen LogP contribution in [0.2, 0.25) is 0 Å². The Bertz CT molecular complexity index is 588. The summed E-state index contributed by atoms with van der Waals surface area (Å²) in [6.07, 6.45) is 0. The van der Waals surface area contributed by atoms with E-state index in [-0.39, 0.29) is 5.69 Å². The number of hydrogen-bond acceptors (Lipinski definition) is 7. The number of rotatable bonds is 7.